The Kier molecular flexibility index (Phi) is 6.10. The Balaban J connectivity index is 1.96. The zero-order chi connectivity index (χ0) is 15.9. The third-order valence-corrected chi connectivity index (χ3v) is 4.57. The van der Waals surface area contributed by atoms with E-state index in [-0.39, 0.29) is 0 Å². The van der Waals surface area contributed by atoms with Crippen molar-refractivity contribution in [1.29, 1.82) is 0 Å². The second-order valence-corrected chi connectivity index (χ2v) is 6.53. The Morgan fingerprint density at radius 1 is 1.36 bits per heavy atom. The van der Waals surface area contributed by atoms with Crippen LogP contribution >= 0.6 is 11.3 Å². The molecule has 2 N–H and O–H groups in total. The van der Waals surface area contributed by atoms with Crippen LogP contribution in [0.1, 0.15) is 36.6 Å². The second-order valence-electron chi connectivity index (χ2n) is 5.41. The minimum atomic E-state index is -0.781. The van der Waals surface area contributed by atoms with Gasteiger partial charge in [-0.3, -0.25) is 10.1 Å². The minimum Gasteiger partial charge on any atom is -0.480 e. The first-order chi connectivity index (χ1) is 10.6. The predicted molar refractivity (Wildman–Crippen MR) is 90.1 cm³/mol. The maximum absolute atomic E-state index is 11.2. The van der Waals surface area contributed by atoms with Crippen LogP contribution in [0.3, 0.4) is 0 Å². The molecular weight excluding hydrogens is 296 g/mol. The fourth-order valence-electron chi connectivity index (χ4n) is 2.16. The van der Waals surface area contributed by atoms with Crippen LogP contribution in [0.4, 0.5) is 0 Å². The van der Waals surface area contributed by atoms with E-state index in [9.17, 15) is 9.90 Å². The van der Waals surface area contributed by atoms with Gasteiger partial charge in [0.05, 0.1) is 0 Å². The summed E-state index contributed by atoms with van der Waals surface area (Å²) in [5, 5.41) is 13.3. The van der Waals surface area contributed by atoms with Crippen LogP contribution in [0.25, 0.3) is 10.6 Å². The number of nitrogens with one attached hydrogen (secondary N) is 1. The van der Waals surface area contributed by atoms with Gasteiger partial charge < -0.3 is 5.11 Å². The molecular formula is C17H22N2O2S. The highest BCUT2D eigenvalue weighted by molar-refractivity contribution is 7.15. The van der Waals surface area contributed by atoms with Crippen molar-refractivity contribution in [3.8, 4) is 10.6 Å². The summed E-state index contributed by atoms with van der Waals surface area (Å²) >= 11 is 1.60. The number of carbonyl (C=O) groups is 1. The highest BCUT2D eigenvalue weighted by Crippen LogP contribution is 2.25. The van der Waals surface area contributed by atoms with Crippen molar-refractivity contribution in [2.45, 2.75) is 45.7 Å². The van der Waals surface area contributed by atoms with Gasteiger partial charge in [0.25, 0.3) is 0 Å². The van der Waals surface area contributed by atoms with E-state index in [1.54, 1.807) is 11.3 Å². The van der Waals surface area contributed by atoms with Crippen LogP contribution < -0.4 is 5.32 Å². The van der Waals surface area contributed by atoms with Gasteiger partial charge in [0.15, 0.2) is 0 Å². The van der Waals surface area contributed by atoms with E-state index in [1.165, 1.54) is 5.56 Å². The van der Waals surface area contributed by atoms with Crippen LogP contribution in [-0.4, -0.2) is 22.1 Å². The van der Waals surface area contributed by atoms with Crippen molar-refractivity contribution < 1.29 is 9.90 Å². The van der Waals surface area contributed by atoms with E-state index in [2.05, 4.69) is 48.4 Å². The standard InChI is InChI=1S/C17H22N2O2S/c1-3-4-5-15(17(20)21)18-10-14-11-19-16(22-14)13-8-6-12(2)7-9-13/h6-9,11,15,18H,3-5,10H2,1-2H3,(H,20,21)/t15-/m0/s1. The molecule has 4 nitrogen and oxygen atoms in total. The number of hydrogen-bond donors (Lipinski definition) is 2. The first-order valence-electron chi connectivity index (χ1n) is 7.58. The predicted octanol–water partition coefficient (Wildman–Crippen LogP) is 3.85. The monoisotopic (exact) mass is 318 g/mol. The fourth-order valence-corrected chi connectivity index (χ4v) is 3.03. The summed E-state index contributed by atoms with van der Waals surface area (Å²) in [6, 6.07) is 7.78. The van der Waals surface area contributed by atoms with Crippen molar-refractivity contribution >= 4 is 17.3 Å². The highest BCUT2D eigenvalue weighted by Gasteiger charge is 2.16. The molecule has 1 heterocycles. The average Bonchev–Trinajstić information content (AvgIpc) is 2.96. The van der Waals surface area contributed by atoms with Crippen molar-refractivity contribution in [1.82, 2.24) is 10.3 Å². The summed E-state index contributed by atoms with van der Waals surface area (Å²) in [5.74, 6) is -0.781. The molecule has 0 saturated heterocycles. The first-order valence-corrected chi connectivity index (χ1v) is 8.39. The molecule has 0 aliphatic rings. The molecule has 1 atom stereocenters. The number of carboxylic acids is 1. The lowest BCUT2D eigenvalue weighted by Gasteiger charge is -2.12. The number of hydrogen-bond acceptors (Lipinski definition) is 4. The quantitative estimate of drug-likeness (QED) is 0.776. The Morgan fingerprint density at radius 3 is 2.73 bits per heavy atom. The summed E-state index contributed by atoms with van der Waals surface area (Å²) in [5.41, 5.74) is 2.32. The summed E-state index contributed by atoms with van der Waals surface area (Å²) in [6.07, 6.45) is 4.41. The Hall–Kier alpha value is -1.72. The molecule has 0 saturated carbocycles. The molecule has 0 aliphatic carbocycles. The fraction of sp³-hybridized carbons (Fsp3) is 0.412. The lowest BCUT2D eigenvalue weighted by atomic mass is 10.1. The van der Waals surface area contributed by atoms with Crippen molar-refractivity contribution in [2.24, 2.45) is 0 Å². The van der Waals surface area contributed by atoms with Crippen LogP contribution in [0.5, 0.6) is 0 Å². The number of unbranched alkanes of at least 4 members (excludes halogenated alkanes) is 1. The number of thiazole rings is 1. The maximum atomic E-state index is 11.2. The molecule has 0 amide bonds. The van der Waals surface area contributed by atoms with Gasteiger partial charge >= 0.3 is 5.97 Å². The van der Waals surface area contributed by atoms with Crippen LogP contribution in [0.15, 0.2) is 30.5 Å². The number of nitrogens with zero attached hydrogens (tertiary/aromatic N) is 1. The molecule has 0 bridgehead atoms. The van der Waals surface area contributed by atoms with Crippen molar-refractivity contribution in [3.05, 3.63) is 40.9 Å². The lowest BCUT2D eigenvalue weighted by Crippen LogP contribution is -2.35. The van der Waals surface area contributed by atoms with Gasteiger partial charge in [0, 0.05) is 23.2 Å². The number of aryl methyl sites for hydroxylation is 1. The largest absolute Gasteiger partial charge is 0.480 e. The third-order valence-electron chi connectivity index (χ3n) is 3.52. The van der Waals surface area contributed by atoms with Crippen molar-refractivity contribution in [3.63, 3.8) is 0 Å². The van der Waals surface area contributed by atoms with Gasteiger partial charge in [0.1, 0.15) is 11.0 Å². The summed E-state index contributed by atoms with van der Waals surface area (Å²) < 4.78 is 0. The van der Waals surface area contributed by atoms with Gasteiger partial charge in [-0.25, -0.2) is 4.98 Å². The molecule has 2 aromatic rings. The molecule has 0 aliphatic heterocycles. The Bertz CT molecular complexity index is 607. The van der Waals surface area contributed by atoms with Gasteiger partial charge in [-0.1, -0.05) is 49.6 Å². The topological polar surface area (TPSA) is 62.2 Å². The van der Waals surface area contributed by atoms with Gasteiger partial charge in [-0.2, -0.15) is 0 Å². The summed E-state index contributed by atoms with van der Waals surface area (Å²) in [7, 11) is 0. The van der Waals surface area contributed by atoms with Gasteiger partial charge in [0.2, 0.25) is 0 Å². The number of rotatable bonds is 8. The number of aromatic nitrogens is 1. The molecule has 22 heavy (non-hydrogen) atoms. The third kappa shape index (κ3) is 4.64. The Labute approximate surface area is 135 Å². The normalized spacial score (nSPS) is 12.3. The molecule has 0 radical (unpaired) electrons. The van der Waals surface area contributed by atoms with Gasteiger partial charge in [-0.05, 0) is 13.3 Å². The molecule has 0 unspecified atom stereocenters. The molecule has 118 valence electrons. The Morgan fingerprint density at radius 2 is 2.09 bits per heavy atom. The molecule has 1 aromatic carbocycles. The summed E-state index contributed by atoms with van der Waals surface area (Å²) in [4.78, 5) is 16.7. The lowest BCUT2D eigenvalue weighted by molar-refractivity contribution is -0.139. The first kappa shape index (κ1) is 16.6. The van der Waals surface area contributed by atoms with Crippen LogP contribution in [-0.2, 0) is 11.3 Å². The molecule has 5 heteroatoms. The van der Waals surface area contributed by atoms with E-state index >= 15 is 0 Å². The molecule has 0 fully saturated rings. The van der Waals surface area contributed by atoms with E-state index < -0.39 is 12.0 Å². The highest BCUT2D eigenvalue weighted by atomic mass is 32.1. The number of aliphatic carboxylic acids is 1. The minimum absolute atomic E-state index is 0.482. The number of benzene rings is 1. The molecule has 0 spiro atoms. The van der Waals surface area contributed by atoms with E-state index in [4.69, 9.17) is 0 Å². The molecule has 2 rings (SSSR count). The molecule has 1 aromatic heterocycles. The second kappa shape index (κ2) is 8.06. The van der Waals surface area contributed by atoms with Gasteiger partial charge in [-0.15, -0.1) is 11.3 Å². The smallest absolute Gasteiger partial charge is 0.320 e. The van der Waals surface area contributed by atoms with E-state index in [0.717, 1.165) is 28.3 Å². The van der Waals surface area contributed by atoms with Crippen LogP contribution in [0.2, 0.25) is 0 Å². The van der Waals surface area contributed by atoms with Crippen molar-refractivity contribution in [2.75, 3.05) is 0 Å². The zero-order valence-corrected chi connectivity index (χ0v) is 13.8. The van der Waals surface area contributed by atoms with Crippen LogP contribution in [0, 0.1) is 6.92 Å². The summed E-state index contributed by atoms with van der Waals surface area (Å²) in [6.45, 7) is 4.67. The van der Waals surface area contributed by atoms with E-state index in [1.807, 2.05) is 6.20 Å². The SMILES string of the molecule is CCCC[C@H](NCc1cnc(-c2ccc(C)cc2)s1)C(=O)O. The van der Waals surface area contributed by atoms with E-state index in [0.29, 0.717) is 13.0 Å². The maximum Gasteiger partial charge on any atom is 0.320 e. The zero-order valence-electron chi connectivity index (χ0n) is 13.0. The number of carboxylic acid groups (broad SMARTS) is 1. The average molecular weight is 318 g/mol.